The van der Waals surface area contributed by atoms with Gasteiger partial charge in [0.25, 0.3) is 0 Å². The lowest BCUT2D eigenvalue weighted by Crippen LogP contribution is -2.04. The fraction of sp³-hybridized carbons (Fsp3) is 0.273. The number of H-pyrrole nitrogens is 1. The average molecular weight is 203 g/mol. The molecular weight excluding hydrogens is 190 g/mol. The molecule has 15 heavy (non-hydrogen) atoms. The molecule has 2 rings (SSSR count). The minimum absolute atomic E-state index is 0.476. The lowest BCUT2D eigenvalue weighted by molar-refractivity contribution is 0.209. The first-order valence-electron chi connectivity index (χ1n) is 4.79. The number of benzene rings is 1. The van der Waals surface area contributed by atoms with Crippen molar-refractivity contribution >= 4 is 0 Å². The summed E-state index contributed by atoms with van der Waals surface area (Å²) in [5.74, 6) is 0.476. The van der Waals surface area contributed by atoms with Gasteiger partial charge in [-0.3, -0.25) is 5.10 Å². The van der Waals surface area contributed by atoms with Crippen LogP contribution >= 0.6 is 0 Å². The third kappa shape index (κ3) is 1.89. The van der Waals surface area contributed by atoms with Crippen LogP contribution in [0.15, 0.2) is 24.5 Å². The van der Waals surface area contributed by atoms with E-state index in [0.717, 1.165) is 16.7 Å². The van der Waals surface area contributed by atoms with Gasteiger partial charge in [0.15, 0.2) is 5.82 Å². The summed E-state index contributed by atoms with van der Waals surface area (Å²) < 4.78 is 0. The highest BCUT2D eigenvalue weighted by Crippen LogP contribution is 2.22. The molecule has 1 aromatic carbocycles. The molecule has 2 N–H and O–H groups in total. The van der Waals surface area contributed by atoms with E-state index < -0.39 is 6.10 Å². The molecule has 4 nitrogen and oxygen atoms in total. The van der Waals surface area contributed by atoms with E-state index >= 15 is 0 Å². The molecule has 0 amide bonds. The molecule has 0 spiro atoms. The predicted molar refractivity (Wildman–Crippen MR) is 56.4 cm³/mol. The summed E-state index contributed by atoms with van der Waals surface area (Å²) in [4.78, 5) is 3.95. The van der Waals surface area contributed by atoms with Crippen LogP contribution in [0.2, 0.25) is 0 Å². The minimum Gasteiger partial charge on any atom is -0.380 e. The monoisotopic (exact) mass is 203 g/mol. The Morgan fingerprint density at radius 1 is 1.33 bits per heavy atom. The van der Waals surface area contributed by atoms with Crippen LogP contribution in [-0.4, -0.2) is 20.3 Å². The lowest BCUT2D eigenvalue weighted by atomic mass is 10.0. The number of nitrogens with one attached hydrogen (secondary N) is 1. The standard InChI is InChI=1S/C11H13N3O/c1-7-3-4-8(2)9(5-7)10(15)11-12-6-13-14-11/h3-6,10,15H,1-2H3,(H,12,13,14). The molecule has 0 aliphatic carbocycles. The minimum atomic E-state index is -0.729. The van der Waals surface area contributed by atoms with E-state index in [9.17, 15) is 5.11 Å². The van der Waals surface area contributed by atoms with E-state index in [2.05, 4.69) is 15.2 Å². The predicted octanol–water partition coefficient (Wildman–Crippen LogP) is 1.50. The first-order valence-corrected chi connectivity index (χ1v) is 4.79. The Hall–Kier alpha value is -1.68. The SMILES string of the molecule is Cc1ccc(C)c(C(O)c2ncn[nH]2)c1. The summed E-state index contributed by atoms with van der Waals surface area (Å²) >= 11 is 0. The third-order valence-electron chi connectivity index (χ3n) is 2.42. The average Bonchev–Trinajstić information content (AvgIpc) is 2.74. The van der Waals surface area contributed by atoms with Gasteiger partial charge in [0.2, 0.25) is 0 Å². The van der Waals surface area contributed by atoms with Crippen LogP contribution in [0.25, 0.3) is 0 Å². The van der Waals surface area contributed by atoms with Crippen LogP contribution in [-0.2, 0) is 0 Å². The maximum Gasteiger partial charge on any atom is 0.157 e. The maximum atomic E-state index is 10.1. The zero-order valence-corrected chi connectivity index (χ0v) is 8.73. The first kappa shape index (κ1) is 9.86. The molecule has 78 valence electrons. The molecule has 0 saturated carbocycles. The number of hydrogen-bond donors (Lipinski definition) is 2. The molecule has 0 radical (unpaired) electrons. The van der Waals surface area contributed by atoms with Gasteiger partial charge in [-0.25, -0.2) is 4.98 Å². The Balaban J connectivity index is 2.41. The van der Waals surface area contributed by atoms with Crippen molar-refractivity contribution in [3.8, 4) is 0 Å². The van der Waals surface area contributed by atoms with Gasteiger partial charge in [-0.1, -0.05) is 23.8 Å². The number of nitrogens with zero attached hydrogens (tertiary/aromatic N) is 2. The molecular formula is C11H13N3O. The van der Waals surface area contributed by atoms with Gasteiger partial charge in [-0.2, -0.15) is 5.10 Å². The van der Waals surface area contributed by atoms with Crippen LogP contribution in [0.5, 0.6) is 0 Å². The summed E-state index contributed by atoms with van der Waals surface area (Å²) in [5, 5.41) is 16.4. The normalized spacial score (nSPS) is 12.7. The summed E-state index contributed by atoms with van der Waals surface area (Å²) in [7, 11) is 0. The smallest absolute Gasteiger partial charge is 0.157 e. The van der Waals surface area contributed by atoms with Crippen molar-refractivity contribution in [1.82, 2.24) is 15.2 Å². The second-order valence-electron chi connectivity index (χ2n) is 3.63. The number of aromatic nitrogens is 3. The van der Waals surface area contributed by atoms with E-state index in [4.69, 9.17) is 0 Å². The van der Waals surface area contributed by atoms with E-state index in [-0.39, 0.29) is 0 Å². The molecule has 0 aliphatic heterocycles. The highest BCUT2D eigenvalue weighted by molar-refractivity contribution is 5.34. The number of rotatable bonds is 2. The first-order chi connectivity index (χ1) is 7.18. The molecule has 1 unspecified atom stereocenters. The van der Waals surface area contributed by atoms with Crippen LogP contribution < -0.4 is 0 Å². The van der Waals surface area contributed by atoms with E-state index in [0.29, 0.717) is 5.82 Å². The van der Waals surface area contributed by atoms with Crippen molar-refractivity contribution in [2.24, 2.45) is 0 Å². The van der Waals surface area contributed by atoms with E-state index in [1.165, 1.54) is 6.33 Å². The molecule has 0 saturated heterocycles. The fourth-order valence-electron chi connectivity index (χ4n) is 1.55. The lowest BCUT2D eigenvalue weighted by Gasteiger charge is -2.11. The molecule has 1 atom stereocenters. The van der Waals surface area contributed by atoms with Gasteiger partial charge in [0.05, 0.1) is 0 Å². The summed E-state index contributed by atoms with van der Waals surface area (Å²) in [6, 6.07) is 5.97. The Bertz CT molecular complexity index is 451. The van der Waals surface area contributed by atoms with Gasteiger partial charge in [0, 0.05) is 0 Å². The van der Waals surface area contributed by atoms with Gasteiger partial charge in [-0.15, -0.1) is 0 Å². The highest BCUT2D eigenvalue weighted by Gasteiger charge is 2.15. The largest absolute Gasteiger partial charge is 0.380 e. The van der Waals surface area contributed by atoms with Crippen molar-refractivity contribution in [2.75, 3.05) is 0 Å². The van der Waals surface area contributed by atoms with Crippen molar-refractivity contribution in [1.29, 1.82) is 0 Å². The number of hydrogen-bond acceptors (Lipinski definition) is 3. The highest BCUT2D eigenvalue weighted by atomic mass is 16.3. The van der Waals surface area contributed by atoms with Gasteiger partial charge >= 0.3 is 0 Å². The molecule has 0 fully saturated rings. The Morgan fingerprint density at radius 2 is 2.13 bits per heavy atom. The van der Waals surface area contributed by atoms with Crippen molar-refractivity contribution in [3.63, 3.8) is 0 Å². The maximum absolute atomic E-state index is 10.1. The number of aryl methyl sites for hydroxylation is 2. The molecule has 1 aromatic heterocycles. The third-order valence-corrected chi connectivity index (χ3v) is 2.42. The summed E-state index contributed by atoms with van der Waals surface area (Å²) in [6.45, 7) is 3.96. The van der Waals surface area contributed by atoms with Crippen LogP contribution in [0.1, 0.15) is 28.6 Å². The van der Waals surface area contributed by atoms with Crippen LogP contribution in [0.4, 0.5) is 0 Å². The quantitative estimate of drug-likeness (QED) is 0.777. The zero-order valence-electron chi connectivity index (χ0n) is 8.73. The van der Waals surface area contributed by atoms with Gasteiger partial charge < -0.3 is 5.11 Å². The number of aliphatic hydroxyl groups is 1. The molecule has 4 heteroatoms. The van der Waals surface area contributed by atoms with E-state index in [1.807, 2.05) is 32.0 Å². The van der Waals surface area contributed by atoms with Crippen molar-refractivity contribution in [2.45, 2.75) is 20.0 Å². The fourth-order valence-corrected chi connectivity index (χ4v) is 1.55. The Labute approximate surface area is 88.0 Å². The molecule has 0 bridgehead atoms. The number of aliphatic hydroxyl groups excluding tert-OH is 1. The molecule has 0 aliphatic rings. The van der Waals surface area contributed by atoms with Crippen molar-refractivity contribution < 1.29 is 5.11 Å². The second kappa shape index (κ2) is 3.82. The summed E-state index contributed by atoms with van der Waals surface area (Å²) in [5.41, 5.74) is 3.03. The summed E-state index contributed by atoms with van der Waals surface area (Å²) in [6.07, 6.45) is 0.663. The van der Waals surface area contributed by atoms with Gasteiger partial charge in [-0.05, 0) is 25.0 Å². The Morgan fingerprint density at radius 3 is 2.80 bits per heavy atom. The van der Waals surface area contributed by atoms with Crippen molar-refractivity contribution in [3.05, 3.63) is 47.0 Å². The van der Waals surface area contributed by atoms with Crippen LogP contribution in [0, 0.1) is 13.8 Å². The van der Waals surface area contributed by atoms with Crippen LogP contribution in [0.3, 0.4) is 0 Å². The Kier molecular flexibility index (Phi) is 2.51. The topological polar surface area (TPSA) is 61.8 Å². The molecule has 1 heterocycles. The van der Waals surface area contributed by atoms with E-state index in [1.54, 1.807) is 0 Å². The number of aromatic amines is 1. The molecule has 2 aromatic rings. The van der Waals surface area contributed by atoms with Gasteiger partial charge in [0.1, 0.15) is 12.4 Å². The second-order valence-corrected chi connectivity index (χ2v) is 3.63. The zero-order chi connectivity index (χ0) is 10.8.